The lowest BCUT2D eigenvalue weighted by Crippen LogP contribution is -2.20. The molecule has 0 radical (unpaired) electrons. The molecule has 0 aliphatic carbocycles. The second-order valence-electron chi connectivity index (χ2n) is 6.38. The molecule has 0 aliphatic rings. The quantitative estimate of drug-likeness (QED) is 0.526. The highest BCUT2D eigenvalue weighted by atomic mass is 16.6. The zero-order valence-corrected chi connectivity index (χ0v) is 14.8. The number of phenols is 2. The summed E-state index contributed by atoms with van der Waals surface area (Å²) in [5.41, 5.74) is -5.64. The van der Waals surface area contributed by atoms with Gasteiger partial charge in [-0.3, -0.25) is 40.5 Å². The molecule has 0 unspecified atom stereocenters. The molecule has 0 atom stereocenters. The number of phenolic OH excluding ortho intramolecular Hbond substituents is 2. The van der Waals surface area contributed by atoms with Crippen molar-refractivity contribution in [3.8, 4) is 11.5 Å². The van der Waals surface area contributed by atoms with Gasteiger partial charge in [-0.05, 0) is 11.1 Å². The van der Waals surface area contributed by atoms with Crippen molar-refractivity contribution in [2.75, 3.05) is 0 Å². The van der Waals surface area contributed by atoms with Gasteiger partial charge in [0.2, 0.25) is 0 Å². The minimum Gasteiger partial charge on any atom is -0.497 e. The molecule has 14 heteroatoms. The van der Waals surface area contributed by atoms with E-state index in [2.05, 4.69) is 0 Å². The fourth-order valence-electron chi connectivity index (χ4n) is 2.65. The van der Waals surface area contributed by atoms with Gasteiger partial charge in [-0.2, -0.15) is 0 Å². The van der Waals surface area contributed by atoms with Crippen molar-refractivity contribution in [3.63, 3.8) is 0 Å². The second-order valence-corrected chi connectivity index (χ2v) is 6.38. The third kappa shape index (κ3) is 3.58. The topological polar surface area (TPSA) is 213 Å². The molecule has 0 saturated carbocycles. The number of hydrogen-bond donors (Lipinski definition) is 2. The summed E-state index contributed by atoms with van der Waals surface area (Å²) < 4.78 is 0. The Morgan fingerprint density at radius 1 is 0.621 bits per heavy atom. The summed E-state index contributed by atoms with van der Waals surface area (Å²) in [6.07, 6.45) is 0. The number of rotatable bonds is 6. The van der Waals surface area contributed by atoms with Crippen LogP contribution in [0.4, 0.5) is 22.7 Å². The fourth-order valence-corrected chi connectivity index (χ4v) is 2.65. The van der Waals surface area contributed by atoms with Gasteiger partial charge in [-0.1, -0.05) is 13.8 Å². The molecule has 0 aromatic heterocycles. The standard InChI is InChI=1S/C15H12N4O10/c1-15(2,7-3-9(16(22)23)13(20)10(4-7)17(24)25)8-5-11(18(26)27)14(21)12(6-8)19(28)29/h3-6,20-21H,1-2H3. The Labute approximate surface area is 160 Å². The summed E-state index contributed by atoms with van der Waals surface area (Å²) in [5, 5.41) is 64.2. The van der Waals surface area contributed by atoms with Gasteiger partial charge in [0.1, 0.15) is 0 Å². The summed E-state index contributed by atoms with van der Waals surface area (Å²) in [7, 11) is 0. The summed E-state index contributed by atoms with van der Waals surface area (Å²) in [6.45, 7) is 2.71. The second kappa shape index (κ2) is 6.99. The largest absolute Gasteiger partial charge is 0.497 e. The van der Waals surface area contributed by atoms with Gasteiger partial charge in [-0.15, -0.1) is 0 Å². The monoisotopic (exact) mass is 408 g/mol. The number of hydrogen-bond acceptors (Lipinski definition) is 10. The van der Waals surface area contributed by atoms with Crippen LogP contribution in [0.25, 0.3) is 0 Å². The molecule has 0 amide bonds. The first-order valence-corrected chi connectivity index (χ1v) is 7.61. The average Bonchev–Trinajstić information content (AvgIpc) is 2.60. The van der Waals surface area contributed by atoms with Crippen LogP contribution in [0.3, 0.4) is 0 Å². The van der Waals surface area contributed by atoms with Crippen molar-refractivity contribution in [1.82, 2.24) is 0 Å². The molecule has 0 aliphatic heterocycles. The highest BCUT2D eigenvalue weighted by Crippen LogP contribution is 2.45. The maximum atomic E-state index is 11.2. The first kappa shape index (κ1) is 20.9. The van der Waals surface area contributed by atoms with Gasteiger partial charge < -0.3 is 10.2 Å². The van der Waals surface area contributed by atoms with Gasteiger partial charge in [0.25, 0.3) is 11.5 Å². The number of nitro benzene ring substituents is 4. The zero-order chi connectivity index (χ0) is 22.3. The Morgan fingerprint density at radius 3 is 1.00 bits per heavy atom. The minimum atomic E-state index is -1.47. The van der Waals surface area contributed by atoms with Crippen molar-refractivity contribution in [1.29, 1.82) is 0 Å². The van der Waals surface area contributed by atoms with Crippen molar-refractivity contribution in [3.05, 3.63) is 75.8 Å². The maximum Gasteiger partial charge on any atom is 0.318 e. The fraction of sp³-hybridized carbons (Fsp3) is 0.200. The molecule has 0 saturated heterocycles. The van der Waals surface area contributed by atoms with Gasteiger partial charge >= 0.3 is 22.7 Å². The summed E-state index contributed by atoms with van der Waals surface area (Å²) in [5.74, 6) is -2.36. The first-order chi connectivity index (χ1) is 13.3. The van der Waals surface area contributed by atoms with E-state index in [1.165, 1.54) is 13.8 Å². The Balaban J connectivity index is 2.85. The van der Waals surface area contributed by atoms with Crippen LogP contribution in [0.5, 0.6) is 11.5 Å². The van der Waals surface area contributed by atoms with E-state index in [1.807, 2.05) is 0 Å². The van der Waals surface area contributed by atoms with Crippen molar-refractivity contribution in [2.45, 2.75) is 19.3 Å². The van der Waals surface area contributed by atoms with Gasteiger partial charge in [-0.25, -0.2) is 0 Å². The van der Waals surface area contributed by atoms with E-state index >= 15 is 0 Å². The zero-order valence-electron chi connectivity index (χ0n) is 14.8. The molecule has 29 heavy (non-hydrogen) atoms. The van der Waals surface area contributed by atoms with E-state index in [0.29, 0.717) is 0 Å². The molecule has 152 valence electrons. The number of aromatic hydroxyl groups is 2. The Hall–Kier alpha value is -4.36. The van der Waals surface area contributed by atoms with Crippen LogP contribution in [-0.2, 0) is 5.41 Å². The third-order valence-corrected chi connectivity index (χ3v) is 4.37. The summed E-state index contributed by atoms with van der Waals surface area (Å²) in [6, 6.07) is 3.30. The Kier molecular flexibility index (Phi) is 5.05. The lowest BCUT2D eigenvalue weighted by atomic mass is 9.77. The highest BCUT2D eigenvalue weighted by Gasteiger charge is 2.36. The number of nitrogens with zero attached hydrogens (tertiary/aromatic N) is 4. The summed E-state index contributed by atoms with van der Waals surface area (Å²) >= 11 is 0. The number of benzene rings is 2. The molecule has 2 rings (SSSR count). The van der Waals surface area contributed by atoms with Gasteiger partial charge in [0.05, 0.1) is 19.7 Å². The molecular formula is C15H12N4O10. The lowest BCUT2D eigenvalue weighted by Gasteiger charge is -2.25. The van der Waals surface area contributed by atoms with E-state index in [1.54, 1.807) is 0 Å². The molecule has 0 heterocycles. The van der Waals surface area contributed by atoms with Gasteiger partial charge in [0, 0.05) is 29.7 Å². The van der Waals surface area contributed by atoms with Crippen LogP contribution in [0.1, 0.15) is 25.0 Å². The molecule has 0 bridgehead atoms. The number of nitro groups is 4. The first-order valence-electron chi connectivity index (χ1n) is 7.61. The Morgan fingerprint density at radius 2 is 0.828 bits per heavy atom. The molecule has 2 aromatic carbocycles. The van der Waals surface area contributed by atoms with E-state index in [4.69, 9.17) is 0 Å². The normalized spacial score (nSPS) is 11.1. The molecule has 2 N–H and O–H groups in total. The van der Waals surface area contributed by atoms with Crippen LogP contribution in [-0.4, -0.2) is 29.9 Å². The molecule has 0 spiro atoms. The van der Waals surface area contributed by atoms with Crippen molar-refractivity contribution < 1.29 is 29.9 Å². The SMILES string of the molecule is CC(C)(c1cc([N+](=O)[O-])c(O)c([N+](=O)[O-])c1)c1cc([N+](=O)[O-])c(O)c([N+](=O)[O-])c1. The Bertz CT molecular complexity index is 925. The van der Waals surface area contributed by atoms with Crippen LogP contribution in [0, 0.1) is 40.5 Å². The smallest absolute Gasteiger partial charge is 0.318 e. The van der Waals surface area contributed by atoms with E-state index < -0.39 is 59.4 Å². The van der Waals surface area contributed by atoms with Crippen LogP contribution in [0.15, 0.2) is 24.3 Å². The van der Waals surface area contributed by atoms with Gasteiger partial charge in [0.15, 0.2) is 0 Å². The molecular weight excluding hydrogens is 396 g/mol. The van der Waals surface area contributed by atoms with Crippen LogP contribution < -0.4 is 0 Å². The molecule has 14 nitrogen and oxygen atoms in total. The van der Waals surface area contributed by atoms with Crippen LogP contribution >= 0.6 is 0 Å². The van der Waals surface area contributed by atoms with Crippen LogP contribution in [0.2, 0.25) is 0 Å². The van der Waals surface area contributed by atoms with E-state index in [9.17, 15) is 50.7 Å². The van der Waals surface area contributed by atoms with Crippen molar-refractivity contribution >= 4 is 22.7 Å². The summed E-state index contributed by atoms with van der Waals surface area (Å²) in [4.78, 5) is 40.4. The van der Waals surface area contributed by atoms with E-state index in [0.717, 1.165) is 24.3 Å². The molecule has 2 aromatic rings. The predicted octanol–water partition coefficient (Wildman–Crippen LogP) is 3.06. The van der Waals surface area contributed by atoms with Crippen molar-refractivity contribution in [2.24, 2.45) is 0 Å². The molecule has 0 fully saturated rings. The lowest BCUT2D eigenvalue weighted by molar-refractivity contribution is -0.396. The predicted molar refractivity (Wildman–Crippen MR) is 95.0 cm³/mol. The average molecular weight is 408 g/mol. The third-order valence-electron chi connectivity index (χ3n) is 4.37. The minimum absolute atomic E-state index is 0.122. The maximum absolute atomic E-state index is 11.2. The highest BCUT2D eigenvalue weighted by molar-refractivity contribution is 5.66. The van der Waals surface area contributed by atoms with E-state index in [-0.39, 0.29) is 11.1 Å².